The van der Waals surface area contributed by atoms with E-state index in [1.165, 1.54) is 132 Å². The summed E-state index contributed by atoms with van der Waals surface area (Å²) >= 11 is 0. The molecule has 3 N–H and O–H groups in total. The highest BCUT2D eigenvalue weighted by molar-refractivity contribution is 6.11. The minimum atomic E-state index is -1.21. The number of anilines is 1. The van der Waals surface area contributed by atoms with Crippen LogP contribution in [0.5, 0.6) is 17.2 Å². The summed E-state index contributed by atoms with van der Waals surface area (Å²) in [5, 5.41) is 21.2. The van der Waals surface area contributed by atoms with Crippen LogP contribution in [0, 0.1) is 0 Å². The number of rotatable bonds is 26. The van der Waals surface area contributed by atoms with Crippen molar-refractivity contribution < 1.29 is 38.9 Å². The van der Waals surface area contributed by atoms with Gasteiger partial charge in [0.15, 0.2) is 11.5 Å². The topological polar surface area (TPSA) is 139 Å². The fourth-order valence-corrected chi connectivity index (χ4v) is 5.69. The van der Waals surface area contributed by atoms with Crippen molar-refractivity contribution in [3.63, 3.8) is 0 Å². The van der Waals surface area contributed by atoms with Gasteiger partial charge in [0.2, 0.25) is 5.91 Å². The lowest BCUT2D eigenvalue weighted by atomic mass is 10.0. The molecule has 50 heavy (non-hydrogen) atoms. The molecule has 0 unspecified atom stereocenters. The predicted molar refractivity (Wildman–Crippen MR) is 196 cm³/mol. The average Bonchev–Trinajstić information content (AvgIpc) is 3.10. The maximum atomic E-state index is 12.9. The van der Waals surface area contributed by atoms with Gasteiger partial charge in [-0.1, -0.05) is 109 Å². The summed E-state index contributed by atoms with van der Waals surface area (Å²) in [6, 6.07) is 16.3. The molecule has 3 rings (SSSR count). The summed E-state index contributed by atoms with van der Waals surface area (Å²) in [7, 11) is 0. The summed E-state index contributed by atoms with van der Waals surface area (Å²) in [4.78, 5) is 48.6. The van der Waals surface area contributed by atoms with Crippen molar-refractivity contribution in [3.05, 3.63) is 83.4 Å². The molecule has 0 aliphatic rings. The first-order chi connectivity index (χ1) is 24.3. The summed E-state index contributed by atoms with van der Waals surface area (Å²) in [5.41, 5.74) is 0.267. The van der Waals surface area contributed by atoms with Crippen molar-refractivity contribution >= 4 is 29.3 Å². The molecule has 0 heterocycles. The Morgan fingerprint density at radius 1 is 0.580 bits per heavy atom. The minimum absolute atomic E-state index is 0.00234. The summed E-state index contributed by atoms with van der Waals surface area (Å²) in [6.07, 6.45) is 20.5. The van der Waals surface area contributed by atoms with Gasteiger partial charge in [-0.3, -0.25) is 9.59 Å². The van der Waals surface area contributed by atoms with E-state index in [-0.39, 0.29) is 28.3 Å². The van der Waals surface area contributed by atoms with E-state index in [9.17, 15) is 29.4 Å². The van der Waals surface area contributed by atoms with Crippen LogP contribution in [0.2, 0.25) is 0 Å². The number of Topliss-reactive ketones (excluding diaryl/α,β-unsaturated/α-hetero) is 1. The van der Waals surface area contributed by atoms with Crippen LogP contribution in [-0.4, -0.2) is 40.4 Å². The van der Waals surface area contributed by atoms with E-state index in [4.69, 9.17) is 9.47 Å². The van der Waals surface area contributed by atoms with Gasteiger partial charge < -0.3 is 25.0 Å². The first-order valence-electron chi connectivity index (χ1n) is 18.2. The van der Waals surface area contributed by atoms with Gasteiger partial charge in [0.05, 0.1) is 29.8 Å². The third kappa shape index (κ3) is 15.3. The molecule has 0 radical (unpaired) electrons. The third-order valence-corrected chi connectivity index (χ3v) is 8.57. The zero-order valence-corrected chi connectivity index (χ0v) is 29.4. The standard InChI is InChI=1S/C41H53NO8/c1-2-3-4-5-6-7-8-9-10-11-12-13-14-15-16-17-27-49-34-24-21-31(22-25-34)37(43)30-39(44)42-36-29-33(41(47)48)23-26-38(36)50-35-20-18-19-32(28-35)40(45)46/h18-26,28-29H,2-17,27,30H2,1H3,(H,42,44)(H,45,46)(H,47,48). The minimum Gasteiger partial charge on any atom is -0.494 e. The van der Waals surface area contributed by atoms with Gasteiger partial charge in [-0.25, -0.2) is 9.59 Å². The van der Waals surface area contributed by atoms with Gasteiger partial charge in [0.25, 0.3) is 0 Å². The monoisotopic (exact) mass is 687 g/mol. The van der Waals surface area contributed by atoms with Crippen LogP contribution in [0.3, 0.4) is 0 Å². The highest BCUT2D eigenvalue weighted by Gasteiger charge is 2.17. The first kappa shape index (κ1) is 39.8. The van der Waals surface area contributed by atoms with Crippen LogP contribution in [-0.2, 0) is 4.79 Å². The number of unbranched alkanes of at least 4 members (excludes halogenated alkanes) is 15. The van der Waals surface area contributed by atoms with Crippen LogP contribution in [0.25, 0.3) is 0 Å². The Bertz CT molecular complexity index is 1500. The Balaban J connectivity index is 1.33. The van der Waals surface area contributed by atoms with E-state index in [0.29, 0.717) is 17.9 Å². The summed E-state index contributed by atoms with van der Waals surface area (Å²) < 4.78 is 11.6. The quantitative estimate of drug-likeness (QED) is 0.0430. The van der Waals surface area contributed by atoms with Gasteiger partial charge in [-0.05, 0) is 67.1 Å². The number of carbonyl (C=O) groups is 4. The molecule has 0 bridgehead atoms. The molecule has 0 saturated carbocycles. The predicted octanol–water partition coefficient (Wildman–Crippen LogP) is 10.7. The van der Waals surface area contributed by atoms with Gasteiger partial charge in [-0.15, -0.1) is 0 Å². The normalized spacial score (nSPS) is 10.8. The molecule has 3 aromatic rings. The van der Waals surface area contributed by atoms with Crippen molar-refractivity contribution in [2.75, 3.05) is 11.9 Å². The Kier molecular flexibility index (Phi) is 18.2. The molecular weight excluding hydrogens is 634 g/mol. The number of benzene rings is 3. The highest BCUT2D eigenvalue weighted by atomic mass is 16.5. The number of ketones is 1. The van der Waals surface area contributed by atoms with E-state index in [2.05, 4.69) is 12.2 Å². The van der Waals surface area contributed by atoms with Crippen LogP contribution in [0.4, 0.5) is 5.69 Å². The average molecular weight is 688 g/mol. The molecule has 0 aromatic heterocycles. The number of amides is 1. The van der Waals surface area contributed by atoms with E-state index in [1.807, 2.05) is 0 Å². The van der Waals surface area contributed by atoms with E-state index >= 15 is 0 Å². The van der Waals surface area contributed by atoms with E-state index < -0.39 is 30.0 Å². The molecule has 0 aliphatic carbocycles. The molecule has 0 spiro atoms. The number of carbonyl (C=O) groups excluding carboxylic acids is 2. The Hall–Kier alpha value is -4.66. The Labute approximate surface area is 296 Å². The van der Waals surface area contributed by atoms with Crippen molar-refractivity contribution in [2.45, 2.75) is 116 Å². The molecule has 0 fully saturated rings. The molecule has 9 nitrogen and oxygen atoms in total. The summed E-state index contributed by atoms with van der Waals surface area (Å²) in [5.74, 6) is -2.51. The fourth-order valence-electron chi connectivity index (χ4n) is 5.69. The number of ether oxygens (including phenoxy) is 2. The molecule has 3 aromatic carbocycles. The SMILES string of the molecule is CCCCCCCCCCCCCCCCCCOc1ccc(C(=O)CC(=O)Nc2cc(C(=O)O)ccc2Oc2cccc(C(=O)O)c2)cc1. The maximum absolute atomic E-state index is 12.9. The number of aromatic carboxylic acids is 2. The number of nitrogens with one attached hydrogen (secondary N) is 1. The lowest BCUT2D eigenvalue weighted by Gasteiger charge is -2.13. The Morgan fingerprint density at radius 2 is 1.10 bits per heavy atom. The third-order valence-electron chi connectivity index (χ3n) is 8.57. The van der Waals surface area contributed by atoms with Crippen LogP contribution >= 0.6 is 0 Å². The van der Waals surface area contributed by atoms with Gasteiger partial charge in [0, 0.05) is 5.56 Å². The largest absolute Gasteiger partial charge is 0.494 e. The first-order valence-corrected chi connectivity index (χ1v) is 18.2. The number of hydrogen-bond acceptors (Lipinski definition) is 6. The lowest BCUT2D eigenvalue weighted by Crippen LogP contribution is -2.17. The van der Waals surface area contributed by atoms with Crippen LogP contribution in [0.1, 0.15) is 147 Å². The zero-order chi connectivity index (χ0) is 36.0. The molecule has 9 heteroatoms. The molecule has 1 amide bonds. The number of hydrogen-bond donors (Lipinski definition) is 3. The molecule has 0 aliphatic heterocycles. The van der Waals surface area contributed by atoms with Gasteiger partial charge >= 0.3 is 11.9 Å². The second-order valence-electron chi connectivity index (χ2n) is 12.8. The maximum Gasteiger partial charge on any atom is 0.335 e. The van der Waals surface area contributed by atoms with Crippen LogP contribution in [0.15, 0.2) is 66.7 Å². The second-order valence-corrected chi connectivity index (χ2v) is 12.8. The van der Waals surface area contributed by atoms with E-state index in [0.717, 1.165) is 12.8 Å². The molecular formula is C41H53NO8. The smallest absolute Gasteiger partial charge is 0.335 e. The zero-order valence-electron chi connectivity index (χ0n) is 29.4. The van der Waals surface area contributed by atoms with Gasteiger partial charge in [0.1, 0.15) is 11.5 Å². The van der Waals surface area contributed by atoms with Crippen molar-refractivity contribution in [2.24, 2.45) is 0 Å². The lowest BCUT2D eigenvalue weighted by molar-refractivity contribution is -0.115. The Morgan fingerprint density at radius 3 is 1.66 bits per heavy atom. The fraction of sp³-hybridized carbons (Fsp3) is 0.463. The molecule has 0 saturated heterocycles. The van der Waals surface area contributed by atoms with Gasteiger partial charge in [-0.2, -0.15) is 0 Å². The molecule has 270 valence electrons. The number of carboxylic acids is 2. The van der Waals surface area contributed by atoms with E-state index in [1.54, 1.807) is 24.3 Å². The number of carboxylic acid groups (broad SMARTS) is 2. The van der Waals surface area contributed by atoms with Crippen molar-refractivity contribution in [1.82, 2.24) is 0 Å². The molecule has 0 atom stereocenters. The second kappa shape index (κ2) is 22.9. The summed E-state index contributed by atoms with van der Waals surface area (Å²) in [6.45, 7) is 2.87. The van der Waals surface area contributed by atoms with Crippen molar-refractivity contribution in [1.29, 1.82) is 0 Å². The van der Waals surface area contributed by atoms with Crippen LogP contribution < -0.4 is 14.8 Å². The van der Waals surface area contributed by atoms with Crippen molar-refractivity contribution in [3.8, 4) is 17.2 Å². The highest BCUT2D eigenvalue weighted by Crippen LogP contribution is 2.31.